The Balaban J connectivity index is 1.34. The SMILES string of the molecule is O=C(NCc1ccc(Oc2nccs2)cc1)c1cc(-c2ccco2)on1. The molecule has 0 radical (unpaired) electrons. The predicted octanol–water partition coefficient (Wildman–Crippen LogP) is 4.11. The summed E-state index contributed by atoms with van der Waals surface area (Å²) in [6.07, 6.45) is 3.21. The molecule has 0 atom stereocenters. The number of furan rings is 1. The number of nitrogens with zero attached hydrogens (tertiary/aromatic N) is 2. The molecule has 3 heterocycles. The predicted molar refractivity (Wildman–Crippen MR) is 94.0 cm³/mol. The molecule has 1 amide bonds. The van der Waals surface area contributed by atoms with E-state index in [9.17, 15) is 4.79 Å². The minimum Gasteiger partial charge on any atom is -0.461 e. The van der Waals surface area contributed by atoms with Crippen molar-refractivity contribution in [3.63, 3.8) is 0 Å². The first-order chi connectivity index (χ1) is 12.8. The van der Waals surface area contributed by atoms with Crippen LogP contribution < -0.4 is 10.1 Å². The van der Waals surface area contributed by atoms with Crippen molar-refractivity contribution in [1.29, 1.82) is 0 Å². The third-order valence-electron chi connectivity index (χ3n) is 3.50. The second-order valence-electron chi connectivity index (χ2n) is 5.28. The summed E-state index contributed by atoms with van der Waals surface area (Å²) >= 11 is 1.42. The first-order valence-corrected chi connectivity index (χ1v) is 8.61. The molecule has 7 nitrogen and oxygen atoms in total. The Morgan fingerprint density at radius 3 is 2.81 bits per heavy atom. The molecule has 3 aromatic heterocycles. The van der Waals surface area contributed by atoms with Gasteiger partial charge in [0.2, 0.25) is 5.76 Å². The molecule has 1 N–H and O–H groups in total. The summed E-state index contributed by atoms with van der Waals surface area (Å²) in [7, 11) is 0. The van der Waals surface area contributed by atoms with Gasteiger partial charge in [-0.25, -0.2) is 4.98 Å². The van der Waals surface area contributed by atoms with Crippen molar-refractivity contribution in [1.82, 2.24) is 15.5 Å². The van der Waals surface area contributed by atoms with Gasteiger partial charge in [-0.15, -0.1) is 0 Å². The van der Waals surface area contributed by atoms with Gasteiger partial charge in [0.1, 0.15) is 5.75 Å². The molecule has 0 aliphatic rings. The number of carbonyl (C=O) groups is 1. The van der Waals surface area contributed by atoms with Gasteiger partial charge >= 0.3 is 0 Å². The Hall–Kier alpha value is -3.39. The summed E-state index contributed by atoms with van der Waals surface area (Å²) in [6, 6.07) is 12.4. The zero-order valence-corrected chi connectivity index (χ0v) is 14.2. The monoisotopic (exact) mass is 367 g/mol. The average Bonchev–Trinajstić information content (AvgIpc) is 3.42. The third kappa shape index (κ3) is 3.65. The molecule has 0 saturated carbocycles. The Morgan fingerprint density at radius 2 is 2.08 bits per heavy atom. The molecule has 4 rings (SSSR count). The second kappa shape index (κ2) is 7.24. The van der Waals surface area contributed by atoms with E-state index in [0.717, 1.165) is 5.56 Å². The Labute approximate surface area is 152 Å². The summed E-state index contributed by atoms with van der Waals surface area (Å²) in [5.41, 5.74) is 1.12. The fourth-order valence-electron chi connectivity index (χ4n) is 2.23. The normalized spacial score (nSPS) is 10.6. The van der Waals surface area contributed by atoms with Crippen molar-refractivity contribution in [3.05, 3.63) is 71.6 Å². The summed E-state index contributed by atoms with van der Waals surface area (Å²) in [5, 5.41) is 9.00. The molecule has 8 heteroatoms. The number of amides is 1. The molecule has 0 saturated heterocycles. The minimum absolute atomic E-state index is 0.195. The molecule has 0 aliphatic carbocycles. The van der Waals surface area contributed by atoms with Crippen molar-refractivity contribution >= 4 is 17.2 Å². The van der Waals surface area contributed by atoms with Crippen LogP contribution in [-0.4, -0.2) is 16.0 Å². The molecule has 0 unspecified atom stereocenters. The number of aromatic nitrogens is 2. The maximum Gasteiger partial charge on any atom is 0.278 e. The van der Waals surface area contributed by atoms with E-state index < -0.39 is 0 Å². The van der Waals surface area contributed by atoms with E-state index in [-0.39, 0.29) is 11.6 Å². The molecule has 0 bridgehead atoms. The molecule has 1 aromatic carbocycles. The highest BCUT2D eigenvalue weighted by Gasteiger charge is 2.14. The highest BCUT2D eigenvalue weighted by atomic mass is 32.1. The number of nitrogens with one attached hydrogen (secondary N) is 1. The Bertz CT molecular complexity index is 976. The van der Waals surface area contributed by atoms with Crippen LogP contribution in [0.5, 0.6) is 10.9 Å². The van der Waals surface area contributed by atoms with Gasteiger partial charge in [-0.05, 0) is 29.8 Å². The van der Waals surface area contributed by atoms with Crippen LogP contribution in [0.2, 0.25) is 0 Å². The van der Waals surface area contributed by atoms with Crippen LogP contribution in [0.3, 0.4) is 0 Å². The lowest BCUT2D eigenvalue weighted by Crippen LogP contribution is -2.22. The molecule has 130 valence electrons. The van der Waals surface area contributed by atoms with Crippen LogP contribution in [0, 0.1) is 0 Å². The van der Waals surface area contributed by atoms with Crippen molar-refractivity contribution in [2.45, 2.75) is 6.54 Å². The molecule has 0 fully saturated rings. The topological polar surface area (TPSA) is 90.4 Å². The molecule has 4 aromatic rings. The van der Waals surface area contributed by atoms with Crippen LogP contribution in [-0.2, 0) is 6.54 Å². The van der Waals surface area contributed by atoms with Gasteiger partial charge in [-0.1, -0.05) is 28.6 Å². The maximum atomic E-state index is 12.2. The maximum absolute atomic E-state index is 12.2. The van der Waals surface area contributed by atoms with Gasteiger partial charge in [-0.3, -0.25) is 4.79 Å². The minimum atomic E-state index is -0.324. The number of hydrogen-bond acceptors (Lipinski definition) is 7. The van der Waals surface area contributed by atoms with Gasteiger partial charge in [0.25, 0.3) is 11.1 Å². The highest BCUT2D eigenvalue weighted by Crippen LogP contribution is 2.23. The number of hydrogen-bond donors (Lipinski definition) is 1. The zero-order chi connectivity index (χ0) is 17.8. The Kier molecular flexibility index (Phi) is 4.48. The van der Waals surface area contributed by atoms with Gasteiger partial charge < -0.3 is 19.0 Å². The Morgan fingerprint density at radius 1 is 1.19 bits per heavy atom. The van der Waals surface area contributed by atoms with E-state index >= 15 is 0 Å². The first-order valence-electron chi connectivity index (χ1n) is 7.73. The molecule has 0 spiro atoms. The summed E-state index contributed by atoms with van der Waals surface area (Å²) in [6.45, 7) is 0.360. The molecule has 0 aliphatic heterocycles. The molecular formula is C18H13N3O4S. The zero-order valence-electron chi connectivity index (χ0n) is 13.4. The number of thiazole rings is 1. The van der Waals surface area contributed by atoms with Crippen molar-refractivity contribution in [2.24, 2.45) is 0 Å². The van der Waals surface area contributed by atoms with Crippen molar-refractivity contribution < 1.29 is 18.5 Å². The number of carbonyl (C=O) groups excluding carboxylic acids is 1. The van der Waals surface area contributed by atoms with E-state index in [1.807, 2.05) is 29.6 Å². The van der Waals surface area contributed by atoms with Crippen LogP contribution in [0.15, 0.2) is 69.2 Å². The fourth-order valence-corrected chi connectivity index (χ4v) is 2.73. The van der Waals surface area contributed by atoms with Gasteiger partial charge in [0.15, 0.2) is 11.5 Å². The van der Waals surface area contributed by atoms with Crippen LogP contribution in [0.1, 0.15) is 16.1 Å². The average molecular weight is 367 g/mol. The van der Waals surface area contributed by atoms with E-state index in [2.05, 4.69) is 15.5 Å². The number of benzene rings is 1. The van der Waals surface area contributed by atoms with Gasteiger partial charge in [0.05, 0.1) is 6.26 Å². The lowest BCUT2D eigenvalue weighted by Gasteiger charge is -2.05. The molecular weight excluding hydrogens is 354 g/mol. The highest BCUT2D eigenvalue weighted by molar-refractivity contribution is 7.11. The lowest BCUT2D eigenvalue weighted by molar-refractivity contribution is 0.0942. The standard InChI is InChI=1S/C18H13N3O4S/c22-17(14-10-16(25-21-14)15-2-1-8-23-15)20-11-12-3-5-13(6-4-12)24-18-19-7-9-26-18/h1-10H,11H2,(H,20,22). The number of rotatable bonds is 6. The molecule has 26 heavy (non-hydrogen) atoms. The van der Waals surface area contributed by atoms with Crippen LogP contribution in [0.25, 0.3) is 11.5 Å². The van der Waals surface area contributed by atoms with Gasteiger partial charge in [0, 0.05) is 24.2 Å². The smallest absolute Gasteiger partial charge is 0.278 e. The van der Waals surface area contributed by atoms with Crippen LogP contribution >= 0.6 is 11.3 Å². The second-order valence-corrected chi connectivity index (χ2v) is 6.14. The number of ether oxygens (including phenoxy) is 1. The fraction of sp³-hybridized carbons (Fsp3) is 0.0556. The lowest BCUT2D eigenvalue weighted by atomic mass is 10.2. The van der Waals surface area contributed by atoms with E-state index in [1.54, 1.807) is 24.4 Å². The first kappa shape index (κ1) is 16.1. The van der Waals surface area contributed by atoms with Gasteiger partial charge in [-0.2, -0.15) is 0 Å². The van der Waals surface area contributed by atoms with E-state index in [4.69, 9.17) is 13.7 Å². The quantitative estimate of drug-likeness (QED) is 0.551. The van der Waals surface area contributed by atoms with E-state index in [0.29, 0.717) is 29.0 Å². The summed E-state index contributed by atoms with van der Waals surface area (Å²) in [4.78, 5) is 16.2. The summed E-state index contributed by atoms with van der Waals surface area (Å²) < 4.78 is 15.9. The van der Waals surface area contributed by atoms with Crippen molar-refractivity contribution in [3.8, 4) is 22.5 Å². The largest absolute Gasteiger partial charge is 0.461 e. The third-order valence-corrected chi connectivity index (χ3v) is 4.15. The van der Waals surface area contributed by atoms with E-state index in [1.165, 1.54) is 17.6 Å². The van der Waals surface area contributed by atoms with Crippen molar-refractivity contribution in [2.75, 3.05) is 0 Å². The summed E-state index contributed by atoms with van der Waals surface area (Å²) in [5.74, 6) is 1.29. The van der Waals surface area contributed by atoms with Crippen LogP contribution in [0.4, 0.5) is 0 Å².